The summed E-state index contributed by atoms with van der Waals surface area (Å²) < 4.78 is 9.91. The standard InChI is InChI=1S/C11H17N3O3/c1-4-14(7-11(15)16-3)9-6-10(17-5-2)13-8-12-9/h6,8H,4-5,7H2,1-3H3. The molecule has 0 bridgehead atoms. The smallest absolute Gasteiger partial charge is 0.325 e. The highest BCUT2D eigenvalue weighted by molar-refractivity contribution is 5.75. The van der Waals surface area contributed by atoms with Crippen LogP contribution in [-0.2, 0) is 9.53 Å². The van der Waals surface area contributed by atoms with E-state index in [0.717, 1.165) is 0 Å². The Morgan fingerprint density at radius 2 is 2.18 bits per heavy atom. The number of rotatable bonds is 6. The van der Waals surface area contributed by atoms with Gasteiger partial charge in [0.2, 0.25) is 5.88 Å². The van der Waals surface area contributed by atoms with Crippen LogP contribution in [-0.4, -0.2) is 42.7 Å². The van der Waals surface area contributed by atoms with Crippen LogP contribution in [0.15, 0.2) is 12.4 Å². The number of nitrogens with zero attached hydrogens (tertiary/aromatic N) is 3. The fourth-order valence-electron chi connectivity index (χ4n) is 1.30. The van der Waals surface area contributed by atoms with Gasteiger partial charge in [0, 0.05) is 12.6 Å². The lowest BCUT2D eigenvalue weighted by atomic mass is 10.4. The molecule has 94 valence electrons. The molecule has 1 heterocycles. The Kier molecular flexibility index (Phi) is 5.19. The predicted molar refractivity (Wildman–Crippen MR) is 63.1 cm³/mol. The molecule has 0 N–H and O–H groups in total. The first-order chi connectivity index (χ1) is 8.21. The van der Waals surface area contributed by atoms with Crippen molar-refractivity contribution in [3.8, 4) is 5.88 Å². The molecule has 0 unspecified atom stereocenters. The van der Waals surface area contributed by atoms with E-state index in [-0.39, 0.29) is 12.5 Å². The number of aromatic nitrogens is 2. The Labute approximate surface area is 101 Å². The largest absolute Gasteiger partial charge is 0.478 e. The summed E-state index contributed by atoms with van der Waals surface area (Å²) in [7, 11) is 1.36. The summed E-state index contributed by atoms with van der Waals surface area (Å²) in [5.74, 6) is 0.848. The molecule has 0 spiro atoms. The maximum absolute atomic E-state index is 11.2. The predicted octanol–water partition coefficient (Wildman–Crippen LogP) is 0.875. The van der Waals surface area contributed by atoms with Gasteiger partial charge in [-0.25, -0.2) is 9.97 Å². The van der Waals surface area contributed by atoms with Crippen molar-refractivity contribution >= 4 is 11.8 Å². The minimum Gasteiger partial charge on any atom is -0.478 e. The van der Waals surface area contributed by atoms with Crippen LogP contribution < -0.4 is 9.64 Å². The zero-order chi connectivity index (χ0) is 12.7. The zero-order valence-electron chi connectivity index (χ0n) is 10.3. The molecule has 0 aliphatic heterocycles. The Morgan fingerprint density at radius 3 is 2.76 bits per heavy atom. The molecular formula is C11H17N3O3. The molecule has 0 saturated heterocycles. The van der Waals surface area contributed by atoms with Crippen molar-refractivity contribution in [3.63, 3.8) is 0 Å². The lowest BCUT2D eigenvalue weighted by Gasteiger charge is -2.20. The van der Waals surface area contributed by atoms with Crippen LogP contribution >= 0.6 is 0 Å². The van der Waals surface area contributed by atoms with E-state index in [2.05, 4.69) is 14.7 Å². The van der Waals surface area contributed by atoms with Crippen molar-refractivity contribution in [1.82, 2.24) is 9.97 Å². The van der Waals surface area contributed by atoms with Gasteiger partial charge in [0.05, 0.1) is 13.7 Å². The quantitative estimate of drug-likeness (QED) is 0.686. The van der Waals surface area contributed by atoms with E-state index in [0.29, 0.717) is 24.8 Å². The number of carbonyl (C=O) groups is 1. The average molecular weight is 239 g/mol. The second kappa shape index (κ2) is 6.67. The normalized spacial score (nSPS) is 9.82. The molecule has 6 heteroatoms. The zero-order valence-corrected chi connectivity index (χ0v) is 10.3. The highest BCUT2D eigenvalue weighted by Gasteiger charge is 2.12. The Morgan fingerprint density at radius 1 is 1.41 bits per heavy atom. The number of esters is 1. The summed E-state index contributed by atoms with van der Waals surface area (Å²) in [6, 6.07) is 1.70. The first-order valence-corrected chi connectivity index (χ1v) is 5.47. The van der Waals surface area contributed by atoms with Gasteiger partial charge >= 0.3 is 5.97 Å². The van der Waals surface area contributed by atoms with Gasteiger partial charge in [-0.3, -0.25) is 4.79 Å². The molecule has 0 radical (unpaired) electrons. The van der Waals surface area contributed by atoms with E-state index in [1.54, 1.807) is 11.0 Å². The molecule has 0 saturated carbocycles. The fraction of sp³-hybridized carbons (Fsp3) is 0.545. The Balaban J connectivity index is 2.80. The minimum atomic E-state index is -0.302. The average Bonchev–Trinajstić information content (AvgIpc) is 2.36. The summed E-state index contributed by atoms with van der Waals surface area (Å²) in [5.41, 5.74) is 0. The molecule has 17 heavy (non-hydrogen) atoms. The second-order valence-electron chi connectivity index (χ2n) is 3.24. The third kappa shape index (κ3) is 3.90. The monoisotopic (exact) mass is 239 g/mol. The molecule has 0 aromatic carbocycles. The van der Waals surface area contributed by atoms with Gasteiger partial charge in [0.1, 0.15) is 18.7 Å². The van der Waals surface area contributed by atoms with Gasteiger partial charge in [-0.05, 0) is 13.8 Å². The third-order valence-corrected chi connectivity index (χ3v) is 2.17. The first-order valence-electron chi connectivity index (χ1n) is 5.47. The topological polar surface area (TPSA) is 64.5 Å². The molecule has 0 amide bonds. The van der Waals surface area contributed by atoms with Crippen LogP contribution in [0.25, 0.3) is 0 Å². The van der Waals surface area contributed by atoms with Gasteiger partial charge in [-0.1, -0.05) is 0 Å². The van der Waals surface area contributed by atoms with E-state index in [9.17, 15) is 4.79 Å². The number of ether oxygens (including phenoxy) is 2. The third-order valence-electron chi connectivity index (χ3n) is 2.17. The van der Waals surface area contributed by atoms with Crippen molar-refractivity contribution in [2.24, 2.45) is 0 Å². The van der Waals surface area contributed by atoms with E-state index < -0.39 is 0 Å². The second-order valence-corrected chi connectivity index (χ2v) is 3.24. The summed E-state index contributed by atoms with van der Waals surface area (Å²) in [6.07, 6.45) is 1.42. The van der Waals surface area contributed by atoms with E-state index >= 15 is 0 Å². The lowest BCUT2D eigenvalue weighted by Crippen LogP contribution is -2.31. The number of carbonyl (C=O) groups excluding carboxylic acids is 1. The maximum Gasteiger partial charge on any atom is 0.325 e. The first kappa shape index (κ1) is 13.2. The molecule has 1 aromatic heterocycles. The molecule has 0 aliphatic carbocycles. The van der Waals surface area contributed by atoms with Crippen LogP contribution in [0, 0.1) is 0 Å². The highest BCUT2D eigenvalue weighted by atomic mass is 16.5. The lowest BCUT2D eigenvalue weighted by molar-refractivity contribution is -0.138. The maximum atomic E-state index is 11.2. The minimum absolute atomic E-state index is 0.162. The SMILES string of the molecule is CCOc1cc(N(CC)CC(=O)OC)ncn1. The van der Waals surface area contributed by atoms with Gasteiger partial charge in [-0.15, -0.1) is 0 Å². The number of anilines is 1. The molecular weight excluding hydrogens is 222 g/mol. The van der Waals surface area contributed by atoms with Gasteiger partial charge in [0.25, 0.3) is 0 Å². The van der Waals surface area contributed by atoms with Gasteiger partial charge in [-0.2, -0.15) is 0 Å². The summed E-state index contributed by atoms with van der Waals surface area (Å²) in [5, 5.41) is 0. The number of likely N-dealkylation sites (N-methyl/N-ethyl adjacent to an activating group) is 1. The van der Waals surface area contributed by atoms with E-state index in [1.807, 2.05) is 13.8 Å². The van der Waals surface area contributed by atoms with Crippen LogP contribution in [0.5, 0.6) is 5.88 Å². The number of hydrogen-bond acceptors (Lipinski definition) is 6. The van der Waals surface area contributed by atoms with Crippen molar-refractivity contribution < 1.29 is 14.3 Å². The van der Waals surface area contributed by atoms with Crippen LogP contribution in [0.1, 0.15) is 13.8 Å². The summed E-state index contributed by atoms with van der Waals surface area (Å²) in [4.78, 5) is 21.1. The van der Waals surface area contributed by atoms with E-state index in [4.69, 9.17) is 4.74 Å². The molecule has 0 atom stereocenters. The molecule has 0 aliphatic rings. The van der Waals surface area contributed by atoms with Gasteiger partial charge < -0.3 is 14.4 Å². The molecule has 6 nitrogen and oxygen atoms in total. The highest BCUT2D eigenvalue weighted by Crippen LogP contribution is 2.15. The Bertz CT molecular complexity index is 371. The molecule has 0 fully saturated rings. The van der Waals surface area contributed by atoms with Crippen molar-refractivity contribution in [1.29, 1.82) is 0 Å². The Hall–Kier alpha value is -1.85. The van der Waals surface area contributed by atoms with Crippen LogP contribution in [0.2, 0.25) is 0 Å². The summed E-state index contributed by atoms with van der Waals surface area (Å²) in [6.45, 7) is 5.17. The van der Waals surface area contributed by atoms with Crippen molar-refractivity contribution in [2.75, 3.05) is 31.7 Å². The number of methoxy groups -OCH3 is 1. The fourth-order valence-corrected chi connectivity index (χ4v) is 1.30. The number of hydrogen-bond donors (Lipinski definition) is 0. The van der Waals surface area contributed by atoms with Gasteiger partial charge in [0.15, 0.2) is 0 Å². The van der Waals surface area contributed by atoms with Crippen molar-refractivity contribution in [3.05, 3.63) is 12.4 Å². The molecule has 1 aromatic rings. The van der Waals surface area contributed by atoms with Crippen LogP contribution in [0.3, 0.4) is 0 Å². The summed E-state index contributed by atoms with van der Waals surface area (Å²) >= 11 is 0. The molecule has 1 rings (SSSR count). The van der Waals surface area contributed by atoms with Crippen LogP contribution in [0.4, 0.5) is 5.82 Å². The van der Waals surface area contributed by atoms with E-state index in [1.165, 1.54) is 13.4 Å². The van der Waals surface area contributed by atoms with Crippen molar-refractivity contribution in [2.45, 2.75) is 13.8 Å².